The molecular formula is C22H26ClN3O3. The number of nitriles is 1. The molecule has 4 aliphatic rings. The second kappa shape index (κ2) is 7.53. The molecule has 0 spiro atoms. The van der Waals surface area contributed by atoms with E-state index in [9.17, 15) is 4.79 Å². The lowest BCUT2D eigenvalue weighted by Crippen LogP contribution is -2.53. The molecule has 1 N–H and O–H groups in total. The van der Waals surface area contributed by atoms with Gasteiger partial charge in [-0.1, -0.05) is 11.6 Å². The molecule has 7 heteroatoms. The molecule has 1 aromatic carbocycles. The molecule has 4 aliphatic carbocycles. The van der Waals surface area contributed by atoms with Gasteiger partial charge in [0, 0.05) is 5.02 Å². The van der Waals surface area contributed by atoms with Crippen molar-refractivity contribution in [3.05, 3.63) is 29.3 Å². The maximum atomic E-state index is 13.1. The maximum Gasteiger partial charge on any atom is 0.338 e. The molecule has 4 saturated carbocycles. The molecule has 5 rings (SSSR count). The molecule has 0 aliphatic heterocycles. The van der Waals surface area contributed by atoms with E-state index in [0.29, 0.717) is 28.5 Å². The molecule has 0 radical (unpaired) electrons. The Morgan fingerprint density at radius 2 is 1.72 bits per heavy atom. The summed E-state index contributed by atoms with van der Waals surface area (Å²) in [7, 11) is 0. The summed E-state index contributed by atoms with van der Waals surface area (Å²) in [6.07, 6.45) is 8.25. The average Bonchev–Trinajstić information content (AvgIpc) is 2.65. The molecular weight excluding hydrogens is 390 g/mol. The first kappa shape index (κ1) is 20.0. The van der Waals surface area contributed by atoms with Crippen LogP contribution in [0.1, 0.15) is 52.4 Å². The molecule has 4 fully saturated rings. The van der Waals surface area contributed by atoms with Gasteiger partial charge in [0.25, 0.3) is 0 Å². The molecule has 29 heavy (non-hydrogen) atoms. The second-order valence-corrected chi connectivity index (χ2v) is 9.75. The largest absolute Gasteiger partial charge is 0.480 e. The number of rotatable bonds is 4. The summed E-state index contributed by atoms with van der Waals surface area (Å²) in [5.74, 6) is 2.42. The van der Waals surface area contributed by atoms with Gasteiger partial charge >= 0.3 is 5.97 Å². The van der Waals surface area contributed by atoms with Crippen molar-refractivity contribution in [2.45, 2.75) is 58.0 Å². The highest BCUT2D eigenvalue weighted by Gasteiger charge is 2.56. The van der Waals surface area contributed by atoms with Crippen LogP contribution in [0.3, 0.4) is 0 Å². The number of amidine groups is 1. The maximum absolute atomic E-state index is 13.1. The zero-order valence-corrected chi connectivity index (χ0v) is 17.5. The fourth-order valence-electron chi connectivity index (χ4n) is 5.74. The minimum atomic E-state index is -1.01. The van der Waals surface area contributed by atoms with Gasteiger partial charge < -0.3 is 9.57 Å². The van der Waals surface area contributed by atoms with Crippen LogP contribution in [0.5, 0.6) is 5.75 Å². The van der Waals surface area contributed by atoms with Gasteiger partial charge in [0.2, 0.25) is 6.19 Å². The average molecular weight is 416 g/mol. The fourth-order valence-corrected chi connectivity index (χ4v) is 5.87. The number of nitrogens with zero attached hydrogens (tertiary/aromatic N) is 2. The van der Waals surface area contributed by atoms with E-state index in [-0.39, 0.29) is 17.2 Å². The summed E-state index contributed by atoms with van der Waals surface area (Å²) in [4.78, 5) is 22.4. The van der Waals surface area contributed by atoms with Crippen LogP contribution < -0.4 is 10.2 Å². The minimum Gasteiger partial charge on any atom is -0.480 e. The third kappa shape index (κ3) is 4.06. The Labute approximate surface area is 176 Å². The first-order valence-electron chi connectivity index (χ1n) is 10.2. The van der Waals surface area contributed by atoms with Crippen molar-refractivity contribution in [3.8, 4) is 11.9 Å². The number of hydrogen-bond donors (Lipinski definition) is 1. The van der Waals surface area contributed by atoms with Crippen LogP contribution in [0.15, 0.2) is 29.3 Å². The summed E-state index contributed by atoms with van der Waals surface area (Å²) in [6.45, 7) is 3.51. The van der Waals surface area contributed by atoms with E-state index in [1.165, 1.54) is 19.3 Å². The van der Waals surface area contributed by atoms with Gasteiger partial charge in [-0.25, -0.2) is 4.79 Å². The third-order valence-corrected chi connectivity index (χ3v) is 6.88. The normalized spacial score (nSPS) is 30.6. The summed E-state index contributed by atoms with van der Waals surface area (Å²) < 4.78 is 5.96. The first-order chi connectivity index (χ1) is 13.8. The Kier molecular flexibility index (Phi) is 5.20. The Balaban J connectivity index is 1.43. The number of aliphatic imine (C=N–C) groups is 1. The van der Waals surface area contributed by atoms with Gasteiger partial charge in [0.05, 0.1) is 5.41 Å². The van der Waals surface area contributed by atoms with Crippen LogP contribution >= 0.6 is 11.6 Å². The van der Waals surface area contributed by atoms with Crippen molar-refractivity contribution in [1.29, 1.82) is 5.26 Å². The van der Waals surface area contributed by atoms with Crippen molar-refractivity contribution in [2.24, 2.45) is 28.2 Å². The minimum absolute atomic E-state index is 0.146. The van der Waals surface area contributed by atoms with E-state index in [0.717, 1.165) is 19.3 Å². The van der Waals surface area contributed by atoms with Crippen LogP contribution in [-0.2, 0) is 9.63 Å². The molecule has 0 unspecified atom stereocenters. The highest BCUT2D eigenvalue weighted by Crippen LogP contribution is 2.60. The third-order valence-electron chi connectivity index (χ3n) is 6.63. The van der Waals surface area contributed by atoms with Crippen LogP contribution in [0.4, 0.5) is 0 Å². The Morgan fingerprint density at radius 3 is 2.24 bits per heavy atom. The zero-order chi connectivity index (χ0) is 20.6. The van der Waals surface area contributed by atoms with Gasteiger partial charge in [-0.15, -0.1) is 0 Å². The van der Waals surface area contributed by atoms with Gasteiger partial charge in [0.1, 0.15) is 5.75 Å². The number of carbonyl (C=O) groups excluding carboxylic acids is 1. The highest BCUT2D eigenvalue weighted by molar-refractivity contribution is 6.30. The molecule has 154 valence electrons. The monoisotopic (exact) mass is 415 g/mol. The first-order valence-corrected chi connectivity index (χ1v) is 10.6. The standard InChI is InChI=1S/C22H26ClN3O3/c1-21(2,28-18-5-3-17(23)4-6-18)19(25-13-24)26-29-20(27)22-10-14-7-15(11-22)9-16(8-14)12-22/h3-6,14-16H,7-12H2,1-2H3,(H,25,26). The summed E-state index contributed by atoms with van der Waals surface area (Å²) >= 11 is 5.92. The fraction of sp³-hybridized carbons (Fsp3) is 0.591. The van der Waals surface area contributed by atoms with Crippen molar-refractivity contribution in [3.63, 3.8) is 0 Å². The molecule has 0 saturated heterocycles. The number of hydroxylamine groups is 1. The second-order valence-electron chi connectivity index (χ2n) is 9.32. The smallest absolute Gasteiger partial charge is 0.338 e. The number of carbonyl (C=O) groups is 1. The molecule has 6 nitrogen and oxygen atoms in total. The van der Waals surface area contributed by atoms with Gasteiger partial charge in [-0.3, -0.25) is 0 Å². The predicted molar refractivity (Wildman–Crippen MR) is 109 cm³/mol. The van der Waals surface area contributed by atoms with Crippen molar-refractivity contribution in [1.82, 2.24) is 5.48 Å². The lowest BCUT2D eigenvalue weighted by atomic mass is 9.49. The van der Waals surface area contributed by atoms with Crippen LogP contribution in [0.2, 0.25) is 5.02 Å². The molecule has 0 amide bonds. The molecule has 0 aromatic heterocycles. The van der Waals surface area contributed by atoms with Crippen LogP contribution in [-0.4, -0.2) is 17.4 Å². The Morgan fingerprint density at radius 1 is 1.17 bits per heavy atom. The van der Waals surface area contributed by atoms with E-state index >= 15 is 0 Å². The van der Waals surface area contributed by atoms with Crippen LogP contribution in [0.25, 0.3) is 0 Å². The summed E-state index contributed by atoms with van der Waals surface area (Å²) in [5, 5.41) is 9.71. The van der Waals surface area contributed by atoms with Crippen molar-refractivity contribution in [2.75, 3.05) is 0 Å². The quantitative estimate of drug-likeness (QED) is 0.335. The predicted octanol–water partition coefficient (Wildman–Crippen LogP) is 4.64. The number of nitrogens with one attached hydrogen (secondary N) is 1. The van der Waals surface area contributed by atoms with Crippen molar-refractivity contribution < 1.29 is 14.4 Å². The van der Waals surface area contributed by atoms with E-state index in [4.69, 9.17) is 26.4 Å². The zero-order valence-electron chi connectivity index (χ0n) is 16.8. The Bertz CT molecular complexity index is 822. The van der Waals surface area contributed by atoms with E-state index in [2.05, 4.69) is 10.5 Å². The highest BCUT2D eigenvalue weighted by atomic mass is 35.5. The summed E-state index contributed by atoms with van der Waals surface area (Å²) in [5.41, 5.74) is 1.25. The topological polar surface area (TPSA) is 83.7 Å². The van der Waals surface area contributed by atoms with Gasteiger partial charge in [-0.2, -0.15) is 15.7 Å². The number of halogens is 1. The Hall–Kier alpha value is -2.26. The van der Waals surface area contributed by atoms with Gasteiger partial charge in [0.15, 0.2) is 11.4 Å². The molecule has 1 aromatic rings. The van der Waals surface area contributed by atoms with E-state index in [1.54, 1.807) is 44.3 Å². The van der Waals surface area contributed by atoms with Crippen LogP contribution in [0, 0.1) is 34.6 Å². The lowest BCUT2D eigenvalue weighted by molar-refractivity contribution is -0.176. The SMILES string of the molecule is CC(C)(Oc1ccc(Cl)cc1)C(=NC#N)NOC(=O)C12CC3CC(CC(C3)C1)C2. The lowest BCUT2D eigenvalue weighted by Gasteiger charge is -2.54. The van der Waals surface area contributed by atoms with E-state index in [1.807, 2.05) is 0 Å². The molecule has 4 bridgehead atoms. The van der Waals surface area contributed by atoms with Crippen molar-refractivity contribution >= 4 is 23.4 Å². The van der Waals surface area contributed by atoms with E-state index < -0.39 is 5.60 Å². The van der Waals surface area contributed by atoms with Gasteiger partial charge in [-0.05, 0) is 94.4 Å². The molecule has 0 heterocycles. The number of hydrogen-bond acceptors (Lipinski definition) is 5. The number of ether oxygens (including phenoxy) is 1. The number of benzene rings is 1. The molecule has 0 atom stereocenters. The summed E-state index contributed by atoms with van der Waals surface area (Å²) in [6, 6.07) is 6.90.